The smallest absolute Gasteiger partial charge is 0.224 e. The van der Waals surface area contributed by atoms with Crippen LogP contribution in [0.2, 0.25) is 0 Å². The third-order valence-electron chi connectivity index (χ3n) is 6.02. The zero-order valence-electron chi connectivity index (χ0n) is 19.8. The summed E-state index contributed by atoms with van der Waals surface area (Å²) in [7, 11) is 0. The Hall–Kier alpha value is -4.99. The number of nitrogens with zero attached hydrogens (tertiary/aromatic N) is 5. The summed E-state index contributed by atoms with van der Waals surface area (Å²) in [6, 6.07) is 12.0. The highest BCUT2D eigenvalue weighted by molar-refractivity contribution is 5.97. The Morgan fingerprint density at radius 2 is 1.95 bits per heavy atom. The fourth-order valence-corrected chi connectivity index (χ4v) is 4.27. The number of fused-ring (bicyclic) bond motifs is 2. The molecule has 5 aromatic heterocycles. The van der Waals surface area contributed by atoms with Gasteiger partial charge >= 0.3 is 0 Å². The second-order valence-electron chi connectivity index (χ2n) is 8.57. The van der Waals surface area contributed by atoms with E-state index in [2.05, 4.69) is 35.5 Å². The molecule has 0 saturated carbocycles. The summed E-state index contributed by atoms with van der Waals surface area (Å²) in [5, 5.41) is 11.1. The number of H-pyrrole nitrogens is 2. The zero-order valence-corrected chi connectivity index (χ0v) is 19.8. The fourth-order valence-electron chi connectivity index (χ4n) is 4.27. The van der Waals surface area contributed by atoms with E-state index >= 15 is 0 Å². The van der Waals surface area contributed by atoms with Crippen molar-refractivity contribution in [2.75, 3.05) is 5.32 Å². The first kappa shape index (κ1) is 22.5. The molecule has 10 heteroatoms. The fraction of sp³-hybridized carbons (Fsp3) is 0.111. The van der Waals surface area contributed by atoms with Crippen molar-refractivity contribution in [3.8, 4) is 33.9 Å². The van der Waals surface area contributed by atoms with Gasteiger partial charge in [-0.2, -0.15) is 5.10 Å². The Morgan fingerprint density at radius 1 is 1.05 bits per heavy atom. The molecule has 3 N–H and O–H groups in total. The van der Waals surface area contributed by atoms with Crippen molar-refractivity contribution >= 4 is 33.7 Å². The van der Waals surface area contributed by atoms with Gasteiger partial charge in [0.2, 0.25) is 5.91 Å². The topological polar surface area (TPSA) is 125 Å². The number of pyridine rings is 3. The van der Waals surface area contributed by atoms with Gasteiger partial charge in [0.05, 0.1) is 29.3 Å². The molecule has 9 nitrogen and oxygen atoms in total. The molecule has 0 aliphatic rings. The molecule has 0 bridgehead atoms. The van der Waals surface area contributed by atoms with E-state index in [-0.39, 0.29) is 11.7 Å². The first-order valence-corrected chi connectivity index (χ1v) is 11.8. The van der Waals surface area contributed by atoms with E-state index in [0.29, 0.717) is 51.6 Å². The van der Waals surface area contributed by atoms with Gasteiger partial charge in [-0.15, -0.1) is 0 Å². The van der Waals surface area contributed by atoms with Gasteiger partial charge in [-0.1, -0.05) is 25.1 Å². The summed E-state index contributed by atoms with van der Waals surface area (Å²) in [6.45, 7) is 1.95. The first-order valence-electron chi connectivity index (χ1n) is 11.8. The standard InChI is InChI=1S/C27H21FN8O/c1-2-5-23(37)32-16-10-15(12-29-13-16)21-11-19-22(14-31-21)35-36-25(19)27-33-24-18(8-9-30-26(24)34-27)17-6-3-4-7-20(17)28/h3-4,6-14H,2,5H2,1H3,(H,32,37)(H,35,36)(H,30,33,34). The van der Waals surface area contributed by atoms with Gasteiger partial charge in [0, 0.05) is 40.9 Å². The lowest BCUT2D eigenvalue weighted by molar-refractivity contribution is -0.116. The van der Waals surface area contributed by atoms with E-state index in [1.54, 1.807) is 49.1 Å². The molecule has 5 heterocycles. The Bertz CT molecular complexity index is 1770. The number of hydrogen-bond acceptors (Lipinski definition) is 6. The van der Waals surface area contributed by atoms with Crippen LogP contribution in [0.25, 0.3) is 56.0 Å². The average molecular weight is 493 g/mol. The zero-order chi connectivity index (χ0) is 25.4. The van der Waals surface area contributed by atoms with Gasteiger partial charge in [-0.25, -0.2) is 14.4 Å². The van der Waals surface area contributed by atoms with Crippen LogP contribution in [0, 0.1) is 5.82 Å². The van der Waals surface area contributed by atoms with Crippen molar-refractivity contribution in [2.24, 2.45) is 0 Å². The highest BCUT2D eigenvalue weighted by atomic mass is 19.1. The van der Waals surface area contributed by atoms with Crippen molar-refractivity contribution < 1.29 is 9.18 Å². The van der Waals surface area contributed by atoms with Crippen molar-refractivity contribution in [2.45, 2.75) is 19.8 Å². The molecule has 182 valence electrons. The molecule has 0 fully saturated rings. The summed E-state index contributed by atoms with van der Waals surface area (Å²) in [4.78, 5) is 33.1. The van der Waals surface area contributed by atoms with Gasteiger partial charge < -0.3 is 10.3 Å². The third-order valence-corrected chi connectivity index (χ3v) is 6.02. The van der Waals surface area contributed by atoms with Crippen LogP contribution in [-0.2, 0) is 4.79 Å². The number of anilines is 1. The number of imidazole rings is 1. The summed E-state index contributed by atoms with van der Waals surface area (Å²) < 4.78 is 14.5. The Labute approximate surface area is 210 Å². The largest absolute Gasteiger partial charge is 0.325 e. The highest BCUT2D eigenvalue weighted by Gasteiger charge is 2.18. The molecule has 6 aromatic rings. The van der Waals surface area contributed by atoms with E-state index in [4.69, 9.17) is 4.98 Å². The summed E-state index contributed by atoms with van der Waals surface area (Å²) in [5.41, 5.74) is 5.49. The number of benzene rings is 1. The predicted molar refractivity (Wildman–Crippen MR) is 139 cm³/mol. The Balaban J connectivity index is 1.41. The van der Waals surface area contributed by atoms with Crippen LogP contribution in [0.15, 0.2) is 67.3 Å². The van der Waals surface area contributed by atoms with Gasteiger partial charge in [-0.3, -0.25) is 19.9 Å². The number of nitrogens with one attached hydrogen (secondary N) is 3. The van der Waals surface area contributed by atoms with Crippen molar-refractivity contribution in [1.82, 2.24) is 35.1 Å². The number of aromatic nitrogens is 7. The maximum Gasteiger partial charge on any atom is 0.224 e. The summed E-state index contributed by atoms with van der Waals surface area (Å²) >= 11 is 0. The Kier molecular flexibility index (Phi) is 5.61. The summed E-state index contributed by atoms with van der Waals surface area (Å²) in [6.07, 6.45) is 7.81. The van der Waals surface area contributed by atoms with E-state index in [1.807, 2.05) is 19.1 Å². The van der Waals surface area contributed by atoms with Crippen LogP contribution in [0.4, 0.5) is 10.1 Å². The molecule has 37 heavy (non-hydrogen) atoms. The van der Waals surface area contributed by atoms with Crippen molar-refractivity contribution in [3.05, 3.63) is 73.1 Å². The van der Waals surface area contributed by atoms with Crippen LogP contribution in [0.5, 0.6) is 0 Å². The van der Waals surface area contributed by atoms with Crippen molar-refractivity contribution in [3.63, 3.8) is 0 Å². The first-order chi connectivity index (χ1) is 18.1. The van der Waals surface area contributed by atoms with Gasteiger partial charge in [0.1, 0.15) is 17.0 Å². The lowest BCUT2D eigenvalue weighted by Crippen LogP contribution is -2.10. The molecule has 6 rings (SSSR count). The minimum Gasteiger partial charge on any atom is -0.325 e. The second-order valence-corrected chi connectivity index (χ2v) is 8.57. The number of carbonyl (C=O) groups excluding carboxylic acids is 1. The van der Waals surface area contributed by atoms with E-state index in [1.165, 1.54) is 6.07 Å². The molecule has 1 amide bonds. The minimum atomic E-state index is -0.331. The molecule has 1 aromatic carbocycles. The van der Waals surface area contributed by atoms with Gasteiger partial charge in [-0.05, 0) is 30.7 Å². The van der Waals surface area contributed by atoms with Crippen molar-refractivity contribution in [1.29, 1.82) is 0 Å². The monoisotopic (exact) mass is 492 g/mol. The molecule has 0 spiro atoms. The number of rotatable bonds is 6. The molecular weight excluding hydrogens is 471 g/mol. The Morgan fingerprint density at radius 3 is 2.81 bits per heavy atom. The number of amides is 1. The lowest BCUT2D eigenvalue weighted by atomic mass is 10.1. The van der Waals surface area contributed by atoms with Gasteiger partial charge in [0.15, 0.2) is 11.5 Å². The molecule has 0 saturated heterocycles. The van der Waals surface area contributed by atoms with Crippen LogP contribution >= 0.6 is 0 Å². The summed E-state index contributed by atoms with van der Waals surface area (Å²) in [5.74, 6) is 0.103. The average Bonchev–Trinajstić information content (AvgIpc) is 3.53. The number of hydrogen-bond donors (Lipinski definition) is 3. The van der Waals surface area contributed by atoms with Crippen LogP contribution in [-0.4, -0.2) is 41.0 Å². The van der Waals surface area contributed by atoms with E-state index < -0.39 is 0 Å². The molecule has 0 aliphatic heterocycles. The molecule has 0 aliphatic carbocycles. The lowest BCUT2D eigenvalue weighted by Gasteiger charge is -2.06. The van der Waals surface area contributed by atoms with Crippen LogP contribution in [0.1, 0.15) is 19.8 Å². The van der Waals surface area contributed by atoms with E-state index in [9.17, 15) is 9.18 Å². The maximum atomic E-state index is 14.5. The SMILES string of the molecule is CCCC(=O)Nc1cncc(-c2cc3c(-c4nc5c(-c6ccccc6F)ccnc5[nH]4)n[nH]c3cn2)c1. The highest BCUT2D eigenvalue weighted by Crippen LogP contribution is 2.32. The van der Waals surface area contributed by atoms with Crippen LogP contribution < -0.4 is 5.32 Å². The third kappa shape index (κ3) is 4.18. The number of halogens is 1. The minimum absolute atomic E-state index is 0.0600. The van der Waals surface area contributed by atoms with E-state index in [0.717, 1.165) is 22.9 Å². The molecule has 0 radical (unpaired) electrons. The molecule has 0 atom stereocenters. The van der Waals surface area contributed by atoms with Crippen LogP contribution in [0.3, 0.4) is 0 Å². The maximum absolute atomic E-state index is 14.5. The molecular formula is C27H21FN8O. The normalized spacial score (nSPS) is 11.3. The second kappa shape index (κ2) is 9.23. The molecule has 0 unspecified atom stereocenters. The predicted octanol–water partition coefficient (Wildman–Crippen LogP) is 5.50. The number of aromatic amines is 2. The number of carbonyl (C=O) groups is 1. The van der Waals surface area contributed by atoms with Gasteiger partial charge in [0.25, 0.3) is 0 Å². The quantitative estimate of drug-likeness (QED) is 0.282.